The number of alkyl halides is 3. The molecule has 1 aliphatic rings. The van der Waals surface area contributed by atoms with E-state index in [-0.39, 0.29) is 5.56 Å². The fraction of sp³-hybridized carbons (Fsp3) is 0.381. The topological polar surface area (TPSA) is 18.8 Å². The number of benzene rings is 2. The minimum absolute atomic E-state index is 0.0997. The Hall–Kier alpha value is -2.34. The van der Waals surface area contributed by atoms with Crippen molar-refractivity contribution in [3.63, 3.8) is 0 Å². The third-order valence-corrected chi connectivity index (χ3v) is 4.87. The molecule has 0 bridgehead atoms. The van der Waals surface area contributed by atoms with Gasteiger partial charge < -0.3 is 0 Å². The van der Waals surface area contributed by atoms with Gasteiger partial charge in [-0.25, -0.2) is 0 Å². The minimum Gasteiger partial charge on any atom is -0.295 e. The van der Waals surface area contributed by atoms with E-state index in [1.54, 1.807) is 6.07 Å². The molecule has 2 aromatic rings. The number of hydrazone groups is 1. The lowest BCUT2D eigenvalue weighted by Gasteiger charge is -2.33. The maximum absolute atomic E-state index is 13.0. The average molecular weight is 375 g/mol. The first kappa shape index (κ1) is 19.4. The molecule has 27 heavy (non-hydrogen) atoms. The molecule has 0 aromatic heterocycles. The highest BCUT2D eigenvalue weighted by atomic mass is 19.4. The number of aryl methyl sites for hydroxylation is 2. The number of halogens is 3. The summed E-state index contributed by atoms with van der Waals surface area (Å²) in [6.45, 7) is 8.19. The molecule has 1 fully saturated rings. The van der Waals surface area contributed by atoms with Crippen molar-refractivity contribution in [1.82, 2.24) is 9.91 Å². The van der Waals surface area contributed by atoms with Crippen LogP contribution in [0.1, 0.15) is 27.8 Å². The molecule has 0 spiro atoms. The van der Waals surface area contributed by atoms with E-state index in [1.807, 2.05) is 5.01 Å². The zero-order chi connectivity index (χ0) is 19.4. The first-order valence-electron chi connectivity index (χ1n) is 9.06. The van der Waals surface area contributed by atoms with Gasteiger partial charge in [-0.1, -0.05) is 42.0 Å². The maximum Gasteiger partial charge on any atom is 0.417 e. The van der Waals surface area contributed by atoms with Crippen molar-refractivity contribution in [3.8, 4) is 0 Å². The molecule has 0 unspecified atom stereocenters. The van der Waals surface area contributed by atoms with Crippen molar-refractivity contribution in [2.75, 3.05) is 26.2 Å². The van der Waals surface area contributed by atoms with E-state index < -0.39 is 11.7 Å². The number of nitrogens with zero attached hydrogens (tertiary/aromatic N) is 3. The highest BCUT2D eigenvalue weighted by Crippen LogP contribution is 2.31. The van der Waals surface area contributed by atoms with E-state index in [2.05, 4.69) is 42.0 Å². The Morgan fingerprint density at radius 1 is 1.00 bits per heavy atom. The quantitative estimate of drug-likeness (QED) is 0.734. The van der Waals surface area contributed by atoms with Gasteiger partial charge in [-0.05, 0) is 31.0 Å². The van der Waals surface area contributed by atoms with Crippen LogP contribution in [0.2, 0.25) is 0 Å². The molecule has 2 aromatic carbocycles. The largest absolute Gasteiger partial charge is 0.417 e. The van der Waals surface area contributed by atoms with Crippen molar-refractivity contribution in [3.05, 3.63) is 70.3 Å². The van der Waals surface area contributed by atoms with Crippen LogP contribution < -0.4 is 0 Å². The average Bonchev–Trinajstić information content (AvgIpc) is 2.63. The van der Waals surface area contributed by atoms with Crippen LogP contribution in [0.4, 0.5) is 13.2 Å². The van der Waals surface area contributed by atoms with Gasteiger partial charge in [0.2, 0.25) is 0 Å². The minimum atomic E-state index is -4.37. The van der Waals surface area contributed by atoms with E-state index in [0.717, 1.165) is 25.7 Å². The fourth-order valence-electron chi connectivity index (χ4n) is 3.29. The summed E-state index contributed by atoms with van der Waals surface area (Å²) in [6, 6.07) is 12.0. The Labute approximate surface area is 158 Å². The maximum atomic E-state index is 13.0. The third-order valence-electron chi connectivity index (χ3n) is 4.87. The standard InChI is InChI=1S/C21H24F3N3/c1-16-7-8-19(17(2)13-16)15-26-9-11-27(12-10-26)25-14-18-5-3-4-6-20(18)21(22,23)24/h3-8,13-14H,9-12,15H2,1-2H3/b25-14-. The molecule has 0 N–H and O–H groups in total. The molecule has 1 heterocycles. The molecule has 0 amide bonds. The van der Waals surface area contributed by atoms with Crippen molar-refractivity contribution in [2.24, 2.45) is 5.10 Å². The van der Waals surface area contributed by atoms with Crippen LogP contribution in [0.25, 0.3) is 0 Å². The van der Waals surface area contributed by atoms with E-state index in [9.17, 15) is 13.2 Å². The molecule has 6 heteroatoms. The molecule has 0 saturated carbocycles. The van der Waals surface area contributed by atoms with Gasteiger partial charge in [0.05, 0.1) is 11.8 Å². The Bertz CT molecular complexity index is 807. The van der Waals surface area contributed by atoms with Crippen molar-refractivity contribution < 1.29 is 13.2 Å². The summed E-state index contributed by atoms with van der Waals surface area (Å²) in [5, 5.41) is 6.12. The second-order valence-electron chi connectivity index (χ2n) is 6.99. The summed E-state index contributed by atoms with van der Waals surface area (Å²) in [6.07, 6.45) is -3.05. The molecule has 3 nitrogen and oxygen atoms in total. The Kier molecular flexibility index (Phi) is 5.85. The highest BCUT2D eigenvalue weighted by molar-refractivity contribution is 5.81. The molecule has 144 valence electrons. The number of piperazine rings is 1. The van der Waals surface area contributed by atoms with E-state index in [0.29, 0.717) is 13.1 Å². The van der Waals surface area contributed by atoms with Gasteiger partial charge in [0.25, 0.3) is 0 Å². The van der Waals surface area contributed by atoms with Gasteiger partial charge in [-0.15, -0.1) is 0 Å². The Balaban J connectivity index is 1.58. The highest BCUT2D eigenvalue weighted by Gasteiger charge is 2.32. The molecule has 0 aliphatic carbocycles. The van der Waals surface area contributed by atoms with Crippen LogP contribution in [0.15, 0.2) is 47.6 Å². The molecular weight excluding hydrogens is 351 g/mol. The summed E-state index contributed by atoms with van der Waals surface area (Å²) in [7, 11) is 0. The predicted molar refractivity (Wildman–Crippen MR) is 102 cm³/mol. The first-order chi connectivity index (χ1) is 12.8. The second kappa shape index (κ2) is 8.13. The number of hydrogen-bond donors (Lipinski definition) is 0. The zero-order valence-electron chi connectivity index (χ0n) is 15.6. The lowest BCUT2D eigenvalue weighted by atomic mass is 10.1. The zero-order valence-corrected chi connectivity index (χ0v) is 15.6. The smallest absolute Gasteiger partial charge is 0.295 e. The molecule has 0 radical (unpaired) electrons. The summed E-state index contributed by atoms with van der Waals surface area (Å²) >= 11 is 0. The van der Waals surface area contributed by atoms with Crippen LogP contribution >= 0.6 is 0 Å². The lowest BCUT2D eigenvalue weighted by molar-refractivity contribution is -0.137. The number of rotatable bonds is 4. The van der Waals surface area contributed by atoms with Crippen LogP contribution in [-0.4, -0.2) is 42.3 Å². The van der Waals surface area contributed by atoms with Gasteiger partial charge in [0.1, 0.15) is 0 Å². The van der Waals surface area contributed by atoms with Crippen LogP contribution in [0, 0.1) is 13.8 Å². The van der Waals surface area contributed by atoms with E-state index >= 15 is 0 Å². The predicted octanol–water partition coefficient (Wildman–Crippen LogP) is 4.47. The monoisotopic (exact) mass is 375 g/mol. The molecule has 0 atom stereocenters. The molecule has 1 aliphatic heterocycles. The van der Waals surface area contributed by atoms with Crippen molar-refractivity contribution in [1.29, 1.82) is 0 Å². The van der Waals surface area contributed by atoms with Gasteiger partial charge in [0, 0.05) is 38.3 Å². The van der Waals surface area contributed by atoms with Gasteiger partial charge in [0.15, 0.2) is 0 Å². The Morgan fingerprint density at radius 3 is 2.37 bits per heavy atom. The molecular formula is C21H24F3N3. The third kappa shape index (κ3) is 5.10. The SMILES string of the molecule is Cc1ccc(CN2CCN(/N=C\c3ccccc3C(F)(F)F)CC2)c(C)c1. The van der Waals surface area contributed by atoms with Crippen LogP contribution in [0.5, 0.6) is 0 Å². The van der Waals surface area contributed by atoms with Gasteiger partial charge >= 0.3 is 6.18 Å². The fourth-order valence-corrected chi connectivity index (χ4v) is 3.29. The van der Waals surface area contributed by atoms with E-state index in [1.165, 1.54) is 35.0 Å². The van der Waals surface area contributed by atoms with Crippen molar-refractivity contribution in [2.45, 2.75) is 26.6 Å². The van der Waals surface area contributed by atoms with Crippen LogP contribution in [-0.2, 0) is 12.7 Å². The summed E-state index contributed by atoms with van der Waals surface area (Å²) in [5.74, 6) is 0. The number of hydrogen-bond acceptors (Lipinski definition) is 3. The first-order valence-corrected chi connectivity index (χ1v) is 9.06. The van der Waals surface area contributed by atoms with Crippen molar-refractivity contribution >= 4 is 6.21 Å². The normalized spacial score (nSPS) is 16.3. The van der Waals surface area contributed by atoms with Gasteiger partial charge in [-0.3, -0.25) is 9.91 Å². The molecule has 3 rings (SSSR count). The lowest BCUT2D eigenvalue weighted by Crippen LogP contribution is -2.43. The summed E-state index contributed by atoms with van der Waals surface area (Å²) in [5.41, 5.74) is 3.32. The summed E-state index contributed by atoms with van der Waals surface area (Å²) < 4.78 is 39.1. The second-order valence-corrected chi connectivity index (χ2v) is 6.99. The van der Waals surface area contributed by atoms with E-state index in [4.69, 9.17) is 0 Å². The Morgan fingerprint density at radius 2 is 1.70 bits per heavy atom. The summed E-state index contributed by atoms with van der Waals surface area (Å²) in [4.78, 5) is 2.35. The van der Waals surface area contributed by atoms with Gasteiger partial charge in [-0.2, -0.15) is 18.3 Å². The molecule has 1 saturated heterocycles. The van der Waals surface area contributed by atoms with Crippen LogP contribution in [0.3, 0.4) is 0 Å².